The Bertz CT molecular complexity index is 971. The van der Waals surface area contributed by atoms with Crippen molar-refractivity contribution in [3.63, 3.8) is 0 Å². The Hall–Kier alpha value is -2.78. The first-order valence-electron chi connectivity index (χ1n) is 10.4. The van der Waals surface area contributed by atoms with Gasteiger partial charge in [0, 0.05) is 24.3 Å². The Morgan fingerprint density at radius 3 is 1.91 bits per heavy atom. The van der Waals surface area contributed by atoms with Crippen LogP contribution in [0, 0.1) is 40.9 Å². The molecule has 1 aliphatic rings. The summed E-state index contributed by atoms with van der Waals surface area (Å²) in [6, 6.07) is 1.39. The lowest BCUT2D eigenvalue weighted by atomic mass is 9.79. The molecular weight excluding hydrogens is 457 g/mol. The molecule has 0 unspecified atom stereocenters. The summed E-state index contributed by atoms with van der Waals surface area (Å²) in [5, 5.41) is 0. The van der Waals surface area contributed by atoms with Gasteiger partial charge in [0.1, 0.15) is 28.7 Å². The SMILES string of the molecule is CCCC1CCC(C(F)(F)Oc2cc(F)c(C(=O)Oc3cc(F)c(F)c(F)c3)c(F)c2)CC1. The number of rotatable bonds is 7. The van der Waals surface area contributed by atoms with Gasteiger partial charge < -0.3 is 9.47 Å². The number of alkyl halides is 2. The molecule has 0 spiro atoms. The van der Waals surface area contributed by atoms with E-state index in [9.17, 15) is 35.5 Å². The summed E-state index contributed by atoms with van der Waals surface area (Å²) in [7, 11) is 0. The zero-order valence-corrected chi connectivity index (χ0v) is 17.6. The number of esters is 1. The number of ether oxygens (including phenoxy) is 2. The molecule has 0 aromatic heterocycles. The number of carbonyl (C=O) groups is 1. The van der Waals surface area contributed by atoms with Crippen LogP contribution < -0.4 is 9.47 Å². The lowest BCUT2D eigenvalue weighted by Crippen LogP contribution is -2.37. The van der Waals surface area contributed by atoms with Crippen LogP contribution in [0.15, 0.2) is 24.3 Å². The van der Waals surface area contributed by atoms with Crippen molar-refractivity contribution in [3.05, 3.63) is 58.9 Å². The van der Waals surface area contributed by atoms with Crippen molar-refractivity contribution in [1.29, 1.82) is 0 Å². The Balaban J connectivity index is 1.72. The van der Waals surface area contributed by atoms with Gasteiger partial charge in [0.2, 0.25) is 0 Å². The highest BCUT2D eigenvalue weighted by Gasteiger charge is 2.44. The van der Waals surface area contributed by atoms with Crippen LogP contribution in [0.5, 0.6) is 11.5 Å². The highest BCUT2D eigenvalue weighted by molar-refractivity contribution is 5.91. The number of carbonyl (C=O) groups excluding carboxylic acids is 1. The second-order valence-corrected chi connectivity index (χ2v) is 8.02. The molecule has 0 amide bonds. The van der Waals surface area contributed by atoms with Crippen LogP contribution in [-0.2, 0) is 0 Å². The van der Waals surface area contributed by atoms with E-state index in [1.54, 1.807) is 0 Å². The van der Waals surface area contributed by atoms with Gasteiger partial charge in [-0.15, -0.1) is 0 Å². The fourth-order valence-electron chi connectivity index (χ4n) is 3.99. The monoisotopic (exact) mass is 478 g/mol. The van der Waals surface area contributed by atoms with E-state index >= 15 is 0 Å². The molecule has 10 heteroatoms. The summed E-state index contributed by atoms with van der Waals surface area (Å²) in [6.07, 6.45) is -0.146. The normalized spacial score (nSPS) is 18.8. The molecule has 33 heavy (non-hydrogen) atoms. The molecule has 3 nitrogen and oxygen atoms in total. The zero-order chi connectivity index (χ0) is 24.3. The van der Waals surface area contributed by atoms with Crippen LogP contribution in [0.25, 0.3) is 0 Å². The third-order valence-electron chi connectivity index (χ3n) is 5.66. The van der Waals surface area contributed by atoms with Gasteiger partial charge in [0.15, 0.2) is 17.5 Å². The van der Waals surface area contributed by atoms with E-state index in [2.05, 4.69) is 9.47 Å². The topological polar surface area (TPSA) is 35.5 Å². The summed E-state index contributed by atoms with van der Waals surface area (Å²) in [6.45, 7) is 2.02. The summed E-state index contributed by atoms with van der Waals surface area (Å²) in [5.41, 5.74) is -1.30. The van der Waals surface area contributed by atoms with E-state index < -0.39 is 64.1 Å². The van der Waals surface area contributed by atoms with Crippen LogP contribution in [0.3, 0.4) is 0 Å². The zero-order valence-electron chi connectivity index (χ0n) is 17.6. The molecule has 3 rings (SSSR count). The van der Waals surface area contributed by atoms with E-state index in [1.807, 2.05) is 6.92 Å². The average molecular weight is 478 g/mol. The number of hydrogen-bond donors (Lipinski definition) is 0. The van der Waals surface area contributed by atoms with Crippen LogP contribution in [-0.4, -0.2) is 12.1 Å². The van der Waals surface area contributed by atoms with Crippen molar-refractivity contribution < 1.29 is 45.0 Å². The van der Waals surface area contributed by atoms with E-state index in [4.69, 9.17) is 0 Å². The Morgan fingerprint density at radius 1 is 0.879 bits per heavy atom. The van der Waals surface area contributed by atoms with Crippen LogP contribution in [0.1, 0.15) is 55.8 Å². The molecule has 2 aromatic rings. The van der Waals surface area contributed by atoms with Gasteiger partial charge in [-0.1, -0.05) is 19.8 Å². The fourth-order valence-corrected chi connectivity index (χ4v) is 3.99. The lowest BCUT2D eigenvalue weighted by molar-refractivity contribution is -0.223. The summed E-state index contributed by atoms with van der Waals surface area (Å²) < 4.78 is 106. The molecular formula is C23H21F7O3. The van der Waals surface area contributed by atoms with Gasteiger partial charge in [0.25, 0.3) is 0 Å². The molecule has 180 valence electrons. The Labute approximate surface area is 185 Å². The summed E-state index contributed by atoms with van der Waals surface area (Å²) in [4.78, 5) is 12.1. The van der Waals surface area contributed by atoms with Crippen molar-refractivity contribution >= 4 is 5.97 Å². The molecule has 1 saturated carbocycles. The van der Waals surface area contributed by atoms with E-state index in [1.165, 1.54) is 0 Å². The van der Waals surface area contributed by atoms with Crippen LogP contribution in [0.2, 0.25) is 0 Å². The third-order valence-corrected chi connectivity index (χ3v) is 5.66. The molecule has 1 aliphatic carbocycles. The maximum atomic E-state index is 14.6. The molecule has 0 N–H and O–H groups in total. The van der Waals surface area contributed by atoms with Gasteiger partial charge >= 0.3 is 12.1 Å². The first-order chi connectivity index (χ1) is 15.5. The third kappa shape index (κ3) is 5.78. The highest BCUT2D eigenvalue weighted by Crippen LogP contribution is 2.41. The molecule has 0 aliphatic heterocycles. The largest absolute Gasteiger partial charge is 0.432 e. The fraction of sp³-hybridized carbons (Fsp3) is 0.435. The summed E-state index contributed by atoms with van der Waals surface area (Å²) >= 11 is 0. The maximum absolute atomic E-state index is 14.6. The minimum absolute atomic E-state index is 0.206. The van der Waals surface area contributed by atoms with E-state index in [0.29, 0.717) is 43.0 Å². The van der Waals surface area contributed by atoms with Gasteiger partial charge in [-0.3, -0.25) is 0 Å². The number of hydrogen-bond acceptors (Lipinski definition) is 3. The molecule has 1 fully saturated rings. The van der Waals surface area contributed by atoms with Crippen LogP contribution in [0.4, 0.5) is 30.7 Å². The smallest absolute Gasteiger partial charge is 0.400 e. The first-order valence-corrected chi connectivity index (χ1v) is 10.4. The first kappa shape index (κ1) is 24.9. The average Bonchev–Trinajstić information content (AvgIpc) is 2.71. The van der Waals surface area contributed by atoms with Gasteiger partial charge in [0.05, 0.1) is 5.92 Å². The Morgan fingerprint density at radius 2 is 1.39 bits per heavy atom. The minimum Gasteiger partial charge on any atom is -0.432 e. The van der Waals surface area contributed by atoms with Crippen LogP contribution >= 0.6 is 0 Å². The van der Waals surface area contributed by atoms with Crippen molar-refractivity contribution in [2.75, 3.05) is 0 Å². The number of halogens is 7. The second-order valence-electron chi connectivity index (χ2n) is 8.02. The number of benzene rings is 2. The van der Waals surface area contributed by atoms with Gasteiger partial charge in [-0.25, -0.2) is 26.7 Å². The summed E-state index contributed by atoms with van der Waals surface area (Å²) in [5.74, 6) is -12.5. The predicted octanol–water partition coefficient (Wildman–Crippen LogP) is 7.18. The second kappa shape index (κ2) is 10.0. The van der Waals surface area contributed by atoms with E-state index in [-0.39, 0.29) is 12.8 Å². The minimum atomic E-state index is -3.68. The molecule has 0 radical (unpaired) electrons. The molecule has 0 atom stereocenters. The molecule has 2 aromatic carbocycles. The van der Waals surface area contributed by atoms with Gasteiger partial charge in [-0.05, 0) is 31.6 Å². The van der Waals surface area contributed by atoms with Crippen molar-refractivity contribution in [1.82, 2.24) is 0 Å². The quantitative estimate of drug-likeness (QED) is 0.183. The predicted molar refractivity (Wildman–Crippen MR) is 104 cm³/mol. The lowest BCUT2D eigenvalue weighted by Gasteiger charge is -2.33. The van der Waals surface area contributed by atoms with Crippen molar-refractivity contribution in [3.8, 4) is 11.5 Å². The highest BCUT2D eigenvalue weighted by atomic mass is 19.3. The standard InChI is InChI=1S/C23H21F7O3/c1-2-3-12-4-6-13(7-5-12)23(29,30)33-15-10-16(24)20(17(25)11-15)22(31)32-14-8-18(26)21(28)19(27)9-14/h8-13H,2-7H2,1H3. The molecule has 0 heterocycles. The Kier molecular flexibility index (Phi) is 7.54. The molecule has 0 bridgehead atoms. The molecule has 0 saturated heterocycles. The van der Waals surface area contributed by atoms with Gasteiger partial charge in [-0.2, -0.15) is 8.78 Å². The van der Waals surface area contributed by atoms with E-state index in [0.717, 1.165) is 12.8 Å². The van der Waals surface area contributed by atoms with Crippen molar-refractivity contribution in [2.45, 2.75) is 51.6 Å². The van der Waals surface area contributed by atoms with Crippen molar-refractivity contribution in [2.24, 2.45) is 11.8 Å². The maximum Gasteiger partial charge on any atom is 0.400 e.